The average molecular weight is 329 g/mol. The summed E-state index contributed by atoms with van der Waals surface area (Å²) in [5.74, 6) is 0.0320. The molecule has 0 amide bonds. The number of nitrogen functional groups attached to an aromatic ring is 1. The molecule has 1 aromatic heterocycles. The molecule has 0 aliphatic carbocycles. The molecule has 8 heteroatoms. The first-order chi connectivity index (χ1) is 10.0. The third kappa shape index (κ3) is 3.65. The van der Waals surface area contributed by atoms with Crippen LogP contribution in [0.4, 0.5) is 5.69 Å². The van der Waals surface area contributed by atoms with Crippen LogP contribution in [0.3, 0.4) is 0 Å². The summed E-state index contributed by atoms with van der Waals surface area (Å²) in [7, 11) is 0. The molecule has 0 fully saturated rings. The van der Waals surface area contributed by atoms with E-state index < -0.39 is 5.97 Å². The number of anilines is 1. The van der Waals surface area contributed by atoms with Gasteiger partial charge in [-0.05, 0) is 18.6 Å². The second-order valence-electron chi connectivity index (χ2n) is 4.34. The first-order valence-electron chi connectivity index (χ1n) is 6.31. The molecule has 0 radical (unpaired) electrons. The Labute approximate surface area is 131 Å². The van der Waals surface area contributed by atoms with Crippen LogP contribution < -0.4 is 5.73 Å². The molecule has 2 aromatic rings. The quantitative estimate of drug-likeness (QED) is 0.673. The third-order valence-corrected chi connectivity index (χ3v) is 3.57. The van der Waals surface area contributed by atoms with E-state index in [1.807, 2.05) is 6.92 Å². The summed E-state index contributed by atoms with van der Waals surface area (Å²) in [4.78, 5) is 16.0. The van der Waals surface area contributed by atoms with Crippen LogP contribution in [0.25, 0.3) is 0 Å². The summed E-state index contributed by atoms with van der Waals surface area (Å²) in [6.45, 7) is 2.77. The fourth-order valence-electron chi connectivity index (χ4n) is 1.74. The first-order valence-corrected chi connectivity index (χ1v) is 7.06. The number of esters is 1. The molecule has 0 unspecified atom stereocenters. The number of nitrogens with two attached hydrogens (primary N) is 1. The Morgan fingerprint density at radius 3 is 2.86 bits per heavy atom. The van der Waals surface area contributed by atoms with E-state index in [9.17, 15) is 4.79 Å². The van der Waals surface area contributed by atoms with Gasteiger partial charge in [-0.15, -0.1) is 0 Å². The Morgan fingerprint density at radius 2 is 2.19 bits per heavy atom. The number of aromatic nitrogens is 3. The molecule has 2 rings (SSSR count). The van der Waals surface area contributed by atoms with Crippen molar-refractivity contribution in [3.63, 3.8) is 0 Å². The molecule has 0 atom stereocenters. The lowest BCUT2D eigenvalue weighted by Crippen LogP contribution is -2.11. The number of aryl methyl sites for hydroxylation is 1. The Bertz CT molecular complexity index is 634. The van der Waals surface area contributed by atoms with Crippen LogP contribution in [-0.2, 0) is 17.9 Å². The van der Waals surface area contributed by atoms with Crippen molar-refractivity contribution in [3.8, 4) is 0 Å². The van der Waals surface area contributed by atoms with Gasteiger partial charge in [0.2, 0.25) is 0 Å². The van der Waals surface area contributed by atoms with Gasteiger partial charge in [-0.25, -0.2) is 14.5 Å². The van der Waals surface area contributed by atoms with Crippen molar-refractivity contribution < 1.29 is 9.53 Å². The molecule has 0 aliphatic rings. The van der Waals surface area contributed by atoms with Gasteiger partial charge in [0.25, 0.3) is 0 Å². The van der Waals surface area contributed by atoms with Gasteiger partial charge >= 0.3 is 5.97 Å². The predicted molar refractivity (Wildman–Crippen MR) is 80.3 cm³/mol. The second-order valence-corrected chi connectivity index (χ2v) is 5.12. The highest BCUT2D eigenvalue weighted by atomic mass is 35.5. The minimum Gasteiger partial charge on any atom is -0.454 e. The Balaban J connectivity index is 2.06. The Morgan fingerprint density at radius 1 is 1.43 bits per heavy atom. The number of benzene rings is 1. The zero-order valence-corrected chi connectivity index (χ0v) is 12.9. The number of hydrogen-bond donors (Lipinski definition) is 1. The molecular formula is C13H14Cl2N4O2. The van der Waals surface area contributed by atoms with E-state index in [4.69, 9.17) is 33.7 Å². The van der Waals surface area contributed by atoms with Gasteiger partial charge in [-0.1, -0.05) is 30.1 Å². The normalized spacial score (nSPS) is 10.6. The maximum atomic E-state index is 12.0. The van der Waals surface area contributed by atoms with E-state index in [0.29, 0.717) is 12.4 Å². The Hall–Kier alpha value is -1.79. The molecule has 6 nitrogen and oxygen atoms in total. The lowest BCUT2D eigenvalue weighted by molar-refractivity contribution is 0.0456. The highest BCUT2D eigenvalue weighted by Gasteiger charge is 2.14. The molecule has 2 N–H and O–H groups in total. The van der Waals surface area contributed by atoms with Crippen molar-refractivity contribution >= 4 is 34.9 Å². The molecule has 0 bridgehead atoms. The summed E-state index contributed by atoms with van der Waals surface area (Å²) in [5, 5.41) is 4.48. The zero-order chi connectivity index (χ0) is 15.4. The van der Waals surface area contributed by atoms with Crippen LogP contribution in [0.1, 0.15) is 29.5 Å². The van der Waals surface area contributed by atoms with Crippen molar-refractivity contribution in [3.05, 3.63) is 39.9 Å². The number of carbonyl (C=O) groups is 1. The van der Waals surface area contributed by atoms with Crippen molar-refractivity contribution in [1.29, 1.82) is 0 Å². The van der Waals surface area contributed by atoms with Crippen molar-refractivity contribution in [2.45, 2.75) is 26.5 Å². The largest absolute Gasteiger partial charge is 0.454 e. The van der Waals surface area contributed by atoms with E-state index in [-0.39, 0.29) is 27.9 Å². The molecule has 0 aliphatic heterocycles. The lowest BCUT2D eigenvalue weighted by atomic mass is 10.2. The molecule has 1 heterocycles. The first kappa shape index (κ1) is 15.6. The summed E-state index contributed by atoms with van der Waals surface area (Å²) in [6, 6.07) is 2.84. The van der Waals surface area contributed by atoms with Gasteiger partial charge in [0.15, 0.2) is 12.4 Å². The molecule has 0 spiro atoms. The van der Waals surface area contributed by atoms with E-state index in [2.05, 4.69) is 10.1 Å². The topological polar surface area (TPSA) is 83.0 Å². The zero-order valence-electron chi connectivity index (χ0n) is 11.3. The standard InChI is InChI=1S/C13H14Cl2N4O2/c1-2-3-19-11(17-7-18-19)6-21-13(20)8-4-9(14)12(15)10(16)5-8/h4-5,7H,2-3,6,16H2,1H3. The van der Waals surface area contributed by atoms with Gasteiger partial charge in [-0.2, -0.15) is 5.10 Å². The highest BCUT2D eigenvalue weighted by molar-refractivity contribution is 6.43. The van der Waals surface area contributed by atoms with Gasteiger partial charge in [0.1, 0.15) is 6.33 Å². The van der Waals surface area contributed by atoms with E-state index in [1.165, 1.54) is 18.5 Å². The summed E-state index contributed by atoms with van der Waals surface area (Å²) < 4.78 is 6.88. The molecule has 21 heavy (non-hydrogen) atoms. The number of hydrogen-bond acceptors (Lipinski definition) is 5. The summed E-state index contributed by atoms with van der Waals surface area (Å²) in [5.41, 5.74) is 6.13. The second kappa shape index (κ2) is 6.78. The van der Waals surface area contributed by atoms with Gasteiger partial charge < -0.3 is 10.5 Å². The number of nitrogens with zero attached hydrogens (tertiary/aromatic N) is 3. The molecule has 112 valence electrons. The van der Waals surface area contributed by atoms with Gasteiger partial charge in [-0.3, -0.25) is 0 Å². The van der Waals surface area contributed by atoms with E-state index in [1.54, 1.807) is 4.68 Å². The molecule has 0 saturated heterocycles. The van der Waals surface area contributed by atoms with Crippen LogP contribution in [0.5, 0.6) is 0 Å². The van der Waals surface area contributed by atoms with Gasteiger partial charge in [0.05, 0.1) is 21.3 Å². The minimum absolute atomic E-state index is 0.0268. The number of rotatable bonds is 5. The highest BCUT2D eigenvalue weighted by Crippen LogP contribution is 2.29. The molecular weight excluding hydrogens is 315 g/mol. The van der Waals surface area contributed by atoms with Crippen molar-refractivity contribution in [1.82, 2.24) is 14.8 Å². The molecule has 1 aromatic carbocycles. The number of carbonyl (C=O) groups excluding carboxylic acids is 1. The monoisotopic (exact) mass is 328 g/mol. The fourth-order valence-corrected chi connectivity index (χ4v) is 2.08. The van der Waals surface area contributed by atoms with Crippen LogP contribution >= 0.6 is 23.2 Å². The predicted octanol–water partition coefficient (Wildman–Crippen LogP) is 2.93. The van der Waals surface area contributed by atoms with E-state index in [0.717, 1.165) is 6.42 Å². The van der Waals surface area contributed by atoms with Crippen LogP contribution in [0.15, 0.2) is 18.5 Å². The minimum atomic E-state index is -0.550. The van der Waals surface area contributed by atoms with Crippen LogP contribution in [0, 0.1) is 0 Å². The van der Waals surface area contributed by atoms with Crippen LogP contribution in [0.2, 0.25) is 10.0 Å². The van der Waals surface area contributed by atoms with E-state index >= 15 is 0 Å². The number of halogens is 2. The van der Waals surface area contributed by atoms with Crippen molar-refractivity contribution in [2.24, 2.45) is 0 Å². The van der Waals surface area contributed by atoms with Crippen LogP contribution in [-0.4, -0.2) is 20.7 Å². The van der Waals surface area contributed by atoms with Crippen molar-refractivity contribution in [2.75, 3.05) is 5.73 Å². The maximum Gasteiger partial charge on any atom is 0.338 e. The third-order valence-electron chi connectivity index (χ3n) is 2.76. The maximum absolute atomic E-state index is 12.0. The average Bonchev–Trinajstić information content (AvgIpc) is 2.89. The molecule has 0 saturated carbocycles. The summed E-state index contributed by atoms with van der Waals surface area (Å²) >= 11 is 11.7. The Kier molecular flexibility index (Phi) is 5.03. The van der Waals surface area contributed by atoms with Gasteiger partial charge in [0, 0.05) is 6.54 Å². The number of ether oxygens (including phenoxy) is 1. The summed E-state index contributed by atoms with van der Waals surface area (Å²) in [6.07, 6.45) is 2.34. The lowest BCUT2D eigenvalue weighted by Gasteiger charge is -2.08. The smallest absolute Gasteiger partial charge is 0.338 e. The fraction of sp³-hybridized carbons (Fsp3) is 0.308. The SMILES string of the molecule is CCCn1ncnc1COC(=O)c1cc(N)c(Cl)c(Cl)c1.